The molecular weight excluding hydrogens is 439 g/mol. The van der Waals surface area contributed by atoms with Gasteiger partial charge in [0, 0.05) is 38.4 Å². The third-order valence-corrected chi connectivity index (χ3v) is 5.12. The fourth-order valence-electron chi connectivity index (χ4n) is 3.56. The normalized spacial score (nSPS) is 14.6. The standard InChI is InChI=1S/C24H26F3NO5/c1-17(29)6-5-15-31-22-10-3-2-9-21(22)23(30)28-13-11-18(12-14-28)32-19-7-4-8-20(16-19)33-24(25,26)27/h2-4,7-10,16,18H,5-6,11-15H2,1H3. The van der Waals surface area contributed by atoms with Crippen LogP contribution in [0.4, 0.5) is 13.2 Å². The fourth-order valence-corrected chi connectivity index (χ4v) is 3.56. The molecule has 6 nitrogen and oxygen atoms in total. The molecule has 2 aromatic carbocycles. The maximum Gasteiger partial charge on any atom is 0.573 e. The highest BCUT2D eigenvalue weighted by molar-refractivity contribution is 5.97. The summed E-state index contributed by atoms with van der Waals surface area (Å²) in [6, 6.07) is 12.4. The molecule has 33 heavy (non-hydrogen) atoms. The van der Waals surface area contributed by atoms with Crippen molar-refractivity contribution in [2.24, 2.45) is 0 Å². The largest absolute Gasteiger partial charge is 0.573 e. The van der Waals surface area contributed by atoms with Crippen LogP contribution in [-0.4, -0.2) is 48.8 Å². The highest BCUT2D eigenvalue weighted by atomic mass is 19.4. The van der Waals surface area contributed by atoms with Crippen LogP contribution >= 0.6 is 0 Å². The molecule has 1 saturated heterocycles. The molecule has 0 aliphatic carbocycles. The summed E-state index contributed by atoms with van der Waals surface area (Å²) in [6.07, 6.45) is -2.91. The van der Waals surface area contributed by atoms with E-state index in [-0.39, 0.29) is 29.3 Å². The molecule has 1 aliphatic rings. The average Bonchev–Trinajstić information content (AvgIpc) is 2.76. The molecule has 0 radical (unpaired) electrons. The van der Waals surface area contributed by atoms with Crippen molar-refractivity contribution in [2.45, 2.75) is 45.1 Å². The van der Waals surface area contributed by atoms with Crippen LogP contribution in [0.5, 0.6) is 17.2 Å². The lowest BCUT2D eigenvalue weighted by atomic mass is 10.1. The van der Waals surface area contributed by atoms with Gasteiger partial charge >= 0.3 is 6.36 Å². The van der Waals surface area contributed by atoms with Crippen LogP contribution in [-0.2, 0) is 4.79 Å². The van der Waals surface area contributed by atoms with Crippen molar-refractivity contribution in [3.8, 4) is 17.2 Å². The Labute approximate surface area is 190 Å². The van der Waals surface area contributed by atoms with Crippen LogP contribution < -0.4 is 14.2 Å². The van der Waals surface area contributed by atoms with Gasteiger partial charge in [0.15, 0.2) is 0 Å². The van der Waals surface area contributed by atoms with Gasteiger partial charge in [-0.2, -0.15) is 0 Å². The molecule has 0 atom stereocenters. The van der Waals surface area contributed by atoms with Crippen LogP contribution in [0, 0.1) is 0 Å². The second kappa shape index (κ2) is 11.1. The van der Waals surface area contributed by atoms with Crippen molar-refractivity contribution in [1.82, 2.24) is 4.90 Å². The molecule has 0 saturated carbocycles. The molecule has 0 N–H and O–H groups in total. The van der Waals surface area contributed by atoms with E-state index in [0.717, 1.165) is 0 Å². The van der Waals surface area contributed by atoms with Gasteiger partial charge in [-0.1, -0.05) is 18.2 Å². The number of carbonyl (C=O) groups is 2. The number of carbonyl (C=O) groups excluding carboxylic acids is 2. The van der Waals surface area contributed by atoms with E-state index < -0.39 is 6.36 Å². The summed E-state index contributed by atoms with van der Waals surface area (Å²) in [7, 11) is 0. The number of hydrogen-bond donors (Lipinski definition) is 0. The minimum atomic E-state index is -4.77. The molecule has 0 bridgehead atoms. The predicted molar refractivity (Wildman–Crippen MR) is 115 cm³/mol. The minimum absolute atomic E-state index is 0.0904. The van der Waals surface area contributed by atoms with E-state index in [0.29, 0.717) is 56.7 Å². The number of amides is 1. The molecule has 1 heterocycles. The Hall–Kier alpha value is -3.23. The minimum Gasteiger partial charge on any atom is -0.493 e. The summed E-state index contributed by atoms with van der Waals surface area (Å²) >= 11 is 0. The molecule has 2 aromatic rings. The topological polar surface area (TPSA) is 65.1 Å². The number of para-hydroxylation sites is 1. The van der Waals surface area contributed by atoms with E-state index in [1.807, 2.05) is 0 Å². The van der Waals surface area contributed by atoms with Gasteiger partial charge in [0.1, 0.15) is 29.1 Å². The SMILES string of the molecule is CC(=O)CCCOc1ccccc1C(=O)N1CCC(Oc2cccc(OC(F)(F)F)c2)CC1. The molecule has 1 fully saturated rings. The Balaban J connectivity index is 1.53. The monoisotopic (exact) mass is 465 g/mol. The maximum absolute atomic E-state index is 13.0. The Bertz CT molecular complexity index is 955. The van der Waals surface area contributed by atoms with Gasteiger partial charge in [0.05, 0.1) is 12.2 Å². The van der Waals surface area contributed by atoms with Gasteiger partial charge in [-0.25, -0.2) is 0 Å². The number of halogens is 3. The molecule has 9 heteroatoms. The van der Waals surface area contributed by atoms with Crippen molar-refractivity contribution in [1.29, 1.82) is 0 Å². The first-order valence-corrected chi connectivity index (χ1v) is 10.7. The number of rotatable bonds is 9. The molecule has 0 spiro atoms. The van der Waals surface area contributed by atoms with Crippen molar-refractivity contribution in [3.05, 3.63) is 54.1 Å². The van der Waals surface area contributed by atoms with Crippen molar-refractivity contribution in [3.63, 3.8) is 0 Å². The highest BCUT2D eigenvalue weighted by Gasteiger charge is 2.31. The summed E-state index contributed by atoms with van der Waals surface area (Å²) in [5.74, 6) is 0.355. The van der Waals surface area contributed by atoms with E-state index in [1.54, 1.807) is 35.2 Å². The quantitative estimate of drug-likeness (QED) is 0.487. The van der Waals surface area contributed by atoms with Gasteiger partial charge in [-0.15, -0.1) is 13.2 Å². The summed E-state index contributed by atoms with van der Waals surface area (Å²) < 4.78 is 52.7. The van der Waals surface area contributed by atoms with Gasteiger partial charge in [-0.05, 0) is 37.6 Å². The van der Waals surface area contributed by atoms with E-state index >= 15 is 0 Å². The first-order valence-electron chi connectivity index (χ1n) is 10.7. The van der Waals surface area contributed by atoms with Gasteiger partial charge in [0.2, 0.25) is 0 Å². The van der Waals surface area contributed by atoms with Crippen LogP contribution in [0.3, 0.4) is 0 Å². The summed E-state index contributed by atoms with van der Waals surface area (Å²) in [5, 5.41) is 0. The number of Topliss-reactive ketones (excluding diaryl/α,β-unsaturated/α-hetero) is 1. The van der Waals surface area contributed by atoms with Crippen molar-refractivity contribution < 1.29 is 37.0 Å². The highest BCUT2D eigenvalue weighted by Crippen LogP contribution is 2.28. The number of hydrogen-bond acceptors (Lipinski definition) is 5. The number of ketones is 1. The Morgan fingerprint density at radius 3 is 2.42 bits per heavy atom. The van der Waals surface area contributed by atoms with Gasteiger partial charge in [-0.3, -0.25) is 4.79 Å². The Morgan fingerprint density at radius 1 is 1.03 bits per heavy atom. The summed E-state index contributed by atoms with van der Waals surface area (Å²) in [5.41, 5.74) is 0.455. The third-order valence-electron chi connectivity index (χ3n) is 5.12. The molecule has 3 rings (SSSR count). The second-order valence-corrected chi connectivity index (χ2v) is 7.78. The number of likely N-dealkylation sites (tertiary alicyclic amines) is 1. The Kier molecular flexibility index (Phi) is 8.19. The van der Waals surface area contributed by atoms with Crippen molar-refractivity contribution >= 4 is 11.7 Å². The molecular formula is C24H26F3NO5. The molecule has 1 aliphatic heterocycles. The molecule has 178 valence electrons. The molecule has 1 amide bonds. The lowest BCUT2D eigenvalue weighted by molar-refractivity contribution is -0.274. The van der Waals surface area contributed by atoms with E-state index in [2.05, 4.69) is 4.74 Å². The zero-order valence-electron chi connectivity index (χ0n) is 18.3. The first-order chi connectivity index (χ1) is 15.7. The first kappa shape index (κ1) is 24.4. The summed E-state index contributed by atoms with van der Waals surface area (Å²) in [6.45, 7) is 2.76. The fraction of sp³-hybridized carbons (Fsp3) is 0.417. The van der Waals surface area contributed by atoms with Gasteiger partial charge < -0.3 is 23.9 Å². The van der Waals surface area contributed by atoms with E-state index in [1.165, 1.54) is 25.1 Å². The smallest absolute Gasteiger partial charge is 0.493 e. The maximum atomic E-state index is 13.0. The number of nitrogens with zero attached hydrogens (tertiary/aromatic N) is 1. The lowest BCUT2D eigenvalue weighted by Gasteiger charge is -2.32. The van der Waals surface area contributed by atoms with Crippen LogP contribution in [0.1, 0.15) is 43.0 Å². The third kappa shape index (κ3) is 7.69. The zero-order valence-corrected chi connectivity index (χ0v) is 18.3. The van der Waals surface area contributed by atoms with E-state index in [9.17, 15) is 22.8 Å². The van der Waals surface area contributed by atoms with Crippen LogP contribution in [0.2, 0.25) is 0 Å². The molecule has 0 unspecified atom stereocenters. The van der Waals surface area contributed by atoms with Crippen LogP contribution in [0.15, 0.2) is 48.5 Å². The number of ether oxygens (including phenoxy) is 3. The Morgan fingerprint density at radius 2 is 1.73 bits per heavy atom. The lowest BCUT2D eigenvalue weighted by Crippen LogP contribution is -2.41. The summed E-state index contributed by atoms with van der Waals surface area (Å²) in [4.78, 5) is 25.8. The predicted octanol–water partition coefficient (Wildman–Crippen LogP) is 5.02. The number of piperidine rings is 1. The zero-order chi connectivity index (χ0) is 23.8. The number of benzene rings is 2. The molecule has 0 aromatic heterocycles. The average molecular weight is 465 g/mol. The van der Waals surface area contributed by atoms with Gasteiger partial charge in [0.25, 0.3) is 5.91 Å². The van der Waals surface area contributed by atoms with E-state index in [4.69, 9.17) is 9.47 Å². The van der Waals surface area contributed by atoms with Crippen LogP contribution in [0.25, 0.3) is 0 Å². The second-order valence-electron chi connectivity index (χ2n) is 7.78. The van der Waals surface area contributed by atoms with Crippen molar-refractivity contribution in [2.75, 3.05) is 19.7 Å². The number of alkyl halides is 3.